The number of halogens is 1. The van der Waals surface area contributed by atoms with E-state index >= 15 is 0 Å². The van der Waals surface area contributed by atoms with Crippen LogP contribution in [-0.4, -0.2) is 36.0 Å². The average molecular weight is 367 g/mol. The van der Waals surface area contributed by atoms with Crippen molar-refractivity contribution < 1.29 is 18.7 Å². The third-order valence-corrected chi connectivity index (χ3v) is 5.84. The van der Waals surface area contributed by atoms with E-state index < -0.39 is 5.97 Å². The van der Waals surface area contributed by atoms with Gasteiger partial charge in [-0.15, -0.1) is 0 Å². The molecule has 2 aromatic carbocycles. The van der Waals surface area contributed by atoms with E-state index in [1.807, 2.05) is 17.0 Å². The average Bonchev–Trinajstić information content (AvgIpc) is 2.96. The summed E-state index contributed by atoms with van der Waals surface area (Å²) in [5.41, 5.74) is 2.06. The molecule has 0 spiro atoms. The fourth-order valence-electron chi connectivity index (χ4n) is 4.56. The molecule has 0 aliphatic carbocycles. The molecule has 2 heterocycles. The molecule has 1 amide bonds. The van der Waals surface area contributed by atoms with Gasteiger partial charge in [0.1, 0.15) is 5.82 Å². The van der Waals surface area contributed by atoms with Crippen LogP contribution in [0.3, 0.4) is 0 Å². The lowest BCUT2D eigenvalue weighted by atomic mass is 9.84. The lowest BCUT2D eigenvalue weighted by molar-refractivity contribution is 0.0571. The van der Waals surface area contributed by atoms with E-state index in [9.17, 15) is 14.0 Å². The first-order valence-corrected chi connectivity index (χ1v) is 9.33. The summed E-state index contributed by atoms with van der Waals surface area (Å²) in [4.78, 5) is 26.9. The molecule has 3 atom stereocenters. The highest BCUT2D eigenvalue weighted by atomic mass is 19.1. The highest BCUT2D eigenvalue weighted by Gasteiger charge is 2.43. The Hall–Kier alpha value is -2.69. The van der Waals surface area contributed by atoms with Crippen LogP contribution in [0.25, 0.3) is 0 Å². The Balaban J connectivity index is 1.53. The predicted molar refractivity (Wildman–Crippen MR) is 99.1 cm³/mol. The van der Waals surface area contributed by atoms with Gasteiger partial charge in [0.15, 0.2) is 0 Å². The summed E-state index contributed by atoms with van der Waals surface area (Å²) in [6, 6.07) is 13.8. The maximum atomic E-state index is 13.2. The molecule has 0 N–H and O–H groups in total. The number of piperidine rings is 1. The largest absolute Gasteiger partial charge is 0.465 e. The number of methoxy groups -OCH3 is 1. The normalized spacial score (nSPS) is 23.9. The Morgan fingerprint density at radius 1 is 1.00 bits per heavy atom. The van der Waals surface area contributed by atoms with Crippen molar-refractivity contribution in [1.29, 1.82) is 0 Å². The number of ether oxygens (including phenoxy) is 1. The van der Waals surface area contributed by atoms with Crippen molar-refractivity contribution in [2.75, 3.05) is 7.11 Å². The Bertz CT molecular complexity index is 850. The molecule has 2 aromatic rings. The summed E-state index contributed by atoms with van der Waals surface area (Å²) < 4.78 is 18.0. The molecule has 2 fully saturated rings. The first-order valence-electron chi connectivity index (χ1n) is 9.33. The fraction of sp³-hybridized carbons (Fsp3) is 0.364. The van der Waals surface area contributed by atoms with E-state index in [0.29, 0.717) is 17.0 Å². The molecule has 2 bridgehead atoms. The minimum Gasteiger partial charge on any atom is -0.465 e. The molecule has 2 aliphatic rings. The van der Waals surface area contributed by atoms with Crippen LogP contribution >= 0.6 is 0 Å². The molecule has 140 valence electrons. The monoisotopic (exact) mass is 367 g/mol. The third-order valence-electron chi connectivity index (χ3n) is 5.84. The number of carbonyl (C=O) groups is 2. The van der Waals surface area contributed by atoms with Crippen molar-refractivity contribution in [2.24, 2.45) is 0 Å². The molecule has 2 aliphatic heterocycles. The zero-order valence-corrected chi connectivity index (χ0v) is 15.2. The molecule has 5 heteroatoms. The van der Waals surface area contributed by atoms with Crippen molar-refractivity contribution in [1.82, 2.24) is 4.90 Å². The van der Waals surface area contributed by atoms with Gasteiger partial charge in [0.25, 0.3) is 5.91 Å². The number of carbonyl (C=O) groups excluding carboxylic acids is 2. The van der Waals surface area contributed by atoms with Gasteiger partial charge in [-0.3, -0.25) is 4.79 Å². The van der Waals surface area contributed by atoms with Gasteiger partial charge in [-0.25, -0.2) is 9.18 Å². The van der Waals surface area contributed by atoms with Gasteiger partial charge in [0.2, 0.25) is 0 Å². The maximum Gasteiger partial charge on any atom is 0.337 e. The minimum atomic E-state index is -0.442. The second-order valence-electron chi connectivity index (χ2n) is 7.39. The molecule has 4 rings (SSSR count). The summed E-state index contributed by atoms with van der Waals surface area (Å²) in [7, 11) is 1.33. The van der Waals surface area contributed by atoms with Crippen molar-refractivity contribution >= 4 is 11.9 Å². The van der Waals surface area contributed by atoms with E-state index in [4.69, 9.17) is 4.74 Å². The highest BCUT2D eigenvalue weighted by Crippen LogP contribution is 2.43. The lowest BCUT2D eigenvalue weighted by Gasteiger charge is -2.39. The summed E-state index contributed by atoms with van der Waals surface area (Å²) in [5, 5.41) is 0. The van der Waals surface area contributed by atoms with Crippen molar-refractivity contribution in [2.45, 2.75) is 43.7 Å². The number of hydrogen-bond donors (Lipinski definition) is 0. The highest BCUT2D eigenvalue weighted by molar-refractivity contribution is 5.98. The number of benzene rings is 2. The van der Waals surface area contributed by atoms with Gasteiger partial charge < -0.3 is 9.64 Å². The molecule has 0 aromatic heterocycles. The summed E-state index contributed by atoms with van der Waals surface area (Å²) in [5.74, 6) is -0.332. The van der Waals surface area contributed by atoms with Gasteiger partial charge in [0.05, 0.1) is 12.7 Å². The van der Waals surface area contributed by atoms with Gasteiger partial charge >= 0.3 is 5.97 Å². The van der Waals surface area contributed by atoms with Crippen LogP contribution in [0, 0.1) is 5.82 Å². The lowest BCUT2D eigenvalue weighted by Crippen LogP contribution is -2.46. The SMILES string of the molecule is COC(=O)c1cccc(C(=O)N2[C@@H]3CC[C@H]2C[C@@H](c2ccc(F)cc2)C3)c1. The van der Waals surface area contributed by atoms with E-state index in [1.165, 1.54) is 19.2 Å². The molecule has 0 radical (unpaired) electrons. The van der Waals surface area contributed by atoms with Gasteiger partial charge in [-0.1, -0.05) is 18.2 Å². The molecular weight excluding hydrogens is 345 g/mol. The van der Waals surface area contributed by atoms with Crippen LogP contribution in [0.5, 0.6) is 0 Å². The summed E-state index contributed by atoms with van der Waals surface area (Å²) in [6.45, 7) is 0. The third kappa shape index (κ3) is 3.34. The zero-order valence-electron chi connectivity index (χ0n) is 15.2. The number of nitrogens with zero attached hydrogens (tertiary/aromatic N) is 1. The molecular formula is C22H22FNO3. The summed E-state index contributed by atoms with van der Waals surface area (Å²) >= 11 is 0. The second-order valence-corrected chi connectivity index (χ2v) is 7.39. The van der Waals surface area contributed by atoms with Gasteiger partial charge in [0, 0.05) is 17.6 Å². The Labute approximate surface area is 157 Å². The van der Waals surface area contributed by atoms with Crippen molar-refractivity contribution in [3.63, 3.8) is 0 Å². The maximum absolute atomic E-state index is 13.2. The molecule has 0 unspecified atom stereocenters. The first kappa shape index (κ1) is 17.7. The molecule has 27 heavy (non-hydrogen) atoms. The van der Waals surface area contributed by atoms with Gasteiger partial charge in [-0.2, -0.15) is 0 Å². The number of hydrogen-bond acceptors (Lipinski definition) is 3. The van der Waals surface area contributed by atoms with Crippen LogP contribution in [0.2, 0.25) is 0 Å². The number of fused-ring (bicyclic) bond motifs is 2. The number of amides is 1. The summed E-state index contributed by atoms with van der Waals surface area (Å²) in [6.07, 6.45) is 3.77. The Morgan fingerprint density at radius 2 is 1.63 bits per heavy atom. The Morgan fingerprint density at radius 3 is 2.26 bits per heavy atom. The van der Waals surface area contributed by atoms with Crippen LogP contribution in [0.15, 0.2) is 48.5 Å². The smallest absolute Gasteiger partial charge is 0.337 e. The van der Waals surface area contributed by atoms with E-state index in [0.717, 1.165) is 31.2 Å². The van der Waals surface area contributed by atoms with Gasteiger partial charge in [-0.05, 0) is 67.5 Å². The van der Waals surface area contributed by atoms with E-state index in [1.54, 1.807) is 24.3 Å². The topological polar surface area (TPSA) is 46.6 Å². The Kier molecular flexibility index (Phi) is 4.68. The zero-order chi connectivity index (χ0) is 19.0. The first-order chi connectivity index (χ1) is 13.1. The second kappa shape index (κ2) is 7.14. The minimum absolute atomic E-state index is 0.0224. The predicted octanol–water partition coefficient (Wildman–Crippen LogP) is 4.16. The van der Waals surface area contributed by atoms with Crippen LogP contribution in [0.4, 0.5) is 4.39 Å². The standard InChI is InChI=1S/C22H22FNO3/c1-27-22(26)16-4-2-3-15(11-16)21(25)24-19-9-10-20(24)13-17(12-19)14-5-7-18(23)8-6-14/h2-8,11,17,19-20H,9-10,12-13H2,1H3/t17-,19+,20-. The number of rotatable bonds is 3. The molecule has 4 nitrogen and oxygen atoms in total. The van der Waals surface area contributed by atoms with E-state index in [2.05, 4.69) is 0 Å². The molecule has 0 saturated carbocycles. The molecule has 2 saturated heterocycles. The van der Waals surface area contributed by atoms with Crippen molar-refractivity contribution in [3.05, 3.63) is 71.0 Å². The van der Waals surface area contributed by atoms with Crippen LogP contribution in [-0.2, 0) is 4.74 Å². The van der Waals surface area contributed by atoms with Crippen molar-refractivity contribution in [3.8, 4) is 0 Å². The fourth-order valence-corrected chi connectivity index (χ4v) is 4.56. The van der Waals surface area contributed by atoms with E-state index in [-0.39, 0.29) is 23.8 Å². The van der Waals surface area contributed by atoms with Crippen LogP contribution in [0.1, 0.15) is 57.9 Å². The van der Waals surface area contributed by atoms with Crippen LogP contribution < -0.4 is 0 Å². The quantitative estimate of drug-likeness (QED) is 0.765. The number of esters is 1.